The maximum Gasteiger partial charge on any atom is 0.320 e. The molecular formula is C15H21NO2. The van der Waals surface area contributed by atoms with Crippen LogP contribution in [-0.4, -0.2) is 35.1 Å². The number of aryl methyl sites for hydroxylation is 1. The molecule has 1 aromatic rings. The number of nitrogens with zero attached hydrogens (tertiary/aromatic N) is 1. The van der Waals surface area contributed by atoms with Gasteiger partial charge in [0.2, 0.25) is 0 Å². The SMILES string of the molecule is CCC(C(=O)O)N(C)C1CCc2ccccc2C1. The second-order valence-electron chi connectivity index (χ2n) is 5.09. The molecule has 0 spiro atoms. The van der Waals surface area contributed by atoms with Crippen LogP contribution >= 0.6 is 0 Å². The maximum atomic E-state index is 11.2. The average Bonchev–Trinajstić information content (AvgIpc) is 2.38. The molecule has 1 aliphatic carbocycles. The first kappa shape index (κ1) is 13.1. The summed E-state index contributed by atoms with van der Waals surface area (Å²) in [5.74, 6) is -0.709. The van der Waals surface area contributed by atoms with E-state index in [4.69, 9.17) is 0 Å². The standard InChI is InChI=1S/C15H21NO2/c1-3-14(15(17)18)16(2)13-9-8-11-6-4-5-7-12(11)10-13/h4-7,13-14H,3,8-10H2,1-2H3,(H,17,18). The third kappa shape index (κ3) is 2.56. The summed E-state index contributed by atoms with van der Waals surface area (Å²) in [7, 11) is 1.95. The zero-order valence-electron chi connectivity index (χ0n) is 11.1. The Morgan fingerprint density at radius 1 is 1.44 bits per heavy atom. The lowest BCUT2D eigenvalue weighted by atomic mass is 9.87. The maximum absolute atomic E-state index is 11.2. The van der Waals surface area contributed by atoms with Gasteiger partial charge in [-0.05, 0) is 43.9 Å². The van der Waals surface area contributed by atoms with Gasteiger partial charge in [0.15, 0.2) is 0 Å². The molecule has 2 atom stereocenters. The number of fused-ring (bicyclic) bond motifs is 1. The van der Waals surface area contributed by atoms with E-state index in [-0.39, 0.29) is 6.04 Å². The van der Waals surface area contributed by atoms with Crippen molar-refractivity contribution in [2.24, 2.45) is 0 Å². The van der Waals surface area contributed by atoms with Crippen LogP contribution in [0.5, 0.6) is 0 Å². The van der Waals surface area contributed by atoms with Gasteiger partial charge in [-0.2, -0.15) is 0 Å². The smallest absolute Gasteiger partial charge is 0.320 e. The van der Waals surface area contributed by atoms with Gasteiger partial charge < -0.3 is 5.11 Å². The molecule has 0 saturated carbocycles. The van der Waals surface area contributed by atoms with E-state index in [2.05, 4.69) is 24.3 Å². The van der Waals surface area contributed by atoms with Gasteiger partial charge in [0, 0.05) is 6.04 Å². The highest BCUT2D eigenvalue weighted by Gasteiger charge is 2.29. The summed E-state index contributed by atoms with van der Waals surface area (Å²) in [6.45, 7) is 1.94. The summed E-state index contributed by atoms with van der Waals surface area (Å²) in [6, 6.07) is 8.48. The molecule has 3 nitrogen and oxygen atoms in total. The van der Waals surface area contributed by atoms with Crippen molar-refractivity contribution in [3.8, 4) is 0 Å². The molecule has 18 heavy (non-hydrogen) atoms. The molecule has 2 rings (SSSR count). The van der Waals surface area contributed by atoms with Crippen molar-refractivity contribution in [2.45, 2.75) is 44.7 Å². The van der Waals surface area contributed by atoms with Crippen LogP contribution in [0.15, 0.2) is 24.3 Å². The Bertz CT molecular complexity index is 430. The molecule has 0 radical (unpaired) electrons. The number of carboxylic acid groups (broad SMARTS) is 1. The van der Waals surface area contributed by atoms with E-state index >= 15 is 0 Å². The Kier molecular flexibility index (Phi) is 4.02. The van der Waals surface area contributed by atoms with E-state index in [9.17, 15) is 9.90 Å². The number of hydrogen-bond donors (Lipinski definition) is 1. The molecule has 0 saturated heterocycles. The minimum atomic E-state index is -0.709. The van der Waals surface area contributed by atoms with Gasteiger partial charge in [0.25, 0.3) is 0 Å². The zero-order valence-corrected chi connectivity index (χ0v) is 11.1. The molecule has 1 N–H and O–H groups in total. The molecule has 98 valence electrons. The number of likely N-dealkylation sites (N-methyl/N-ethyl adjacent to an activating group) is 1. The highest BCUT2D eigenvalue weighted by atomic mass is 16.4. The number of aliphatic carboxylic acids is 1. The van der Waals surface area contributed by atoms with Crippen LogP contribution in [0.4, 0.5) is 0 Å². The first-order chi connectivity index (χ1) is 8.63. The van der Waals surface area contributed by atoms with Crippen molar-refractivity contribution in [3.05, 3.63) is 35.4 Å². The topological polar surface area (TPSA) is 40.5 Å². The van der Waals surface area contributed by atoms with Gasteiger partial charge in [0.1, 0.15) is 6.04 Å². The molecule has 0 aliphatic heterocycles. The molecule has 0 bridgehead atoms. The molecule has 1 aromatic carbocycles. The summed E-state index contributed by atoms with van der Waals surface area (Å²) < 4.78 is 0. The predicted octanol–water partition coefficient (Wildman–Crippen LogP) is 2.34. The molecule has 0 aromatic heterocycles. The second kappa shape index (κ2) is 5.53. The van der Waals surface area contributed by atoms with Crippen LogP contribution in [0.3, 0.4) is 0 Å². The molecule has 0 fully saturated rings. The molecule has 0 amide bonds. The average molecular weight is 247 g/mol. The fourth-order valence-electron chi connectivity index (χ4n) is 2.92. The van der Waals surface area contributed by atoms with Crippen LogP contribution in [-0.2, 0) is 17.6 Å². The quantitative estimate of drug-likeness (QED) is 0.887. The van der Waals surface area contributed by atoms with Gasteiger partial charge in [-0.15, -0.1) is 0 Å². The lowest BCUT2D eigenvalue weighted by Gasteiger charge is -2.35. The Balaban J connectivity index is 2.10. The zero-order chi connectivity index (χ0) is 13.1. The highest BCUT2D eigenvalue weighted by Crippen LogP contribution is 2.25. The summed E-state index contributed by atoms with van der Waals surface area (Å²) in [5, 5.41) is 9.23. The van der Waals surface area contributed by atoms with Crippen molar-refractivity contribution in [1.29, 1.82) is 0 Å². The van der Waals surface area contributed by atoms with E-state index in [1.807, 2.05) is 18.9 Å². The largest absolute Gasteiger partial charge is 0.480 e. The van der Waals surface area contributed by atoms with Gasteiger partial charge in [-0.25, -0.2) is 0 Å². The van der Waals surface area contributed by atoms with Crippen molar-refractivity contribution in [2.75, 3.05) is 7.05 Å². The molecule has 3 heteroatoms. The normalized spacial score (nSPS) is 20.5. The van der Waals surface area contributed by atoms with Gasteiger partial charge in [-0.3, -0.25) is 9.69 Å². The minimum absolute atomic E-state index is 0.348. The Morgan fingerprint density at radius 2 is 2.11 bits per heavy atom. The third-order valence-electron chi connectivity index (χ3n) is 4.06. The molecule has 2 unspecified atom stereocenters. The first-order valence-electron chi connectivity index (χ1n) is 6.65. The van der Waals surface area contributed by atoms with Crippen LogP contribution < -0.4 is 0 Å². The summed E-state index contributed by atoms with van der Waals surface area (Å²) in [4.78, 5) is 13.3. The van der Waals surface area contributed by atoms with Crippen molar-refractivity contribution in [3.63, 3.8) is 0 Å². The highest BCUT2D eigenvalue weighted by molar-refractivity contribution is 5.73. The summed E-state index contributed by atoms with van der Waals surface area (Å²) >= 11 is 0. The molecular weight excluding hydrogens is 226 g/mol. The lowest BCUT2D eigenvalue weighted by molar-refractivity contribution is -0.143. The van der Waals surface area contributed by atoms with Crippen LogP contribution in [0.25, 0.3) is 0 Å². The fraction of sp³-hybridized carbons (Fsp3) is 0.533. The first-order valence-corrected chi connectivity index (χ1v) is 6.65. The van der Waals surface area contributed by atoms with E-state index in [0.717, 1.165) is 19.3 Å². The molecule has 0 heterocycles. The number of carbonyl (C=O) groups is 1. The van der Waals surface area contributed by atoms with E-state index in [0.29, 0.717) is 12.5 Å². The van der Waals surface area contributed by atoms with E-state index in [1.54, 1.807) is 0 Å². The Morgan fingerprint density at radius 3 is 2.72 bits per heavy atom. The minimum Gasteiger partial charge on any atom is -0.480 e. The summed E-state index contributed by atoms with van der Waals surface area (Å²) in [6.07, 6.45) is 3.74. The predicted molar refractivity (Wildman–Crippen MR) is 71.7 cm³/mol. The van der Waals surface area contributed by atoms with Crippen LogP contribution in [0.1, 0.15) is 30.9 Å². The lowest BCUT2D eigenvalue weighted by Crippen LogP contribution is -2.46. The van der Waals surface area contributed by atoms with E-state index < -0.39 is 5.97 Å². The number of benzene rings is 1. The number of carboxylic acids is 1. The molecule has 1 aliphatic rings. The van der Waals surface area contributed by atoms with Crippen molar-refractivity contribution in [1.82, 2.24) is 4.90 Å². The van der Waals surface area contributed by atoms with Gasteiger partial charge >= 0.3 is 5.97 Å². The van der Waals surface area contributed by atoms with Gasteiger partial charge in [0.05, 0.1) is 0 Å². The van der Waals surface area contributed by atoms with Crippen molar-refractivity contribution >= 4 is 5.97 Å². The second-order valence-corrected chi connectivity index (χ2v) is 5.09. The number of hydrogen-bond acceptors (Lipinski definition) is 2. The third-order valence-corrected chi connectivity index (χ3v) is 4.06. The van der Waals surface area contributed by atoms with Crippen LogP contribution in [0.2, 0.25) is 0 Å². The number of rotatable bonds is 4. The fourth-order valence-corrected chi connectivity index (χ4v) is 2.92. The Hall–Kier alpha value is -1.35. The van der Waals surface area contributed by atoms with Crippen molar-refractivity contribution < 1.29 is 9.90 Å². The van der Waals surface area contributed by atoms with Gasteiger partial charge in [-0.1, -0.05) is 31.2 Å². The van der Waals surface area contributed by atoms with E-state index in [1.165, 1.54) is 11.1 Å². The summed E-state index contributed by atoms with van der Waals surface area (Å²) in [5.41, 5.74) is 2.80. The van der Waals surface area contributed by atoms with Crippen LogP contribution in [0, 0.1) is 0 Å². The monoisotopic (exact) mass is 247 g/mol. The Labute approximate surface area is 108 Å².